The highest BCUT2D eigenvalue weighted by molar-refractivity contribution is 5.98. The SMILES string of the molecule is O=C1NNC2C=Cc3ccccc3N12. The predicted octanol–water partition coefficient (Wildman–Crippen LogP) is 1.07. The lowest BCUT2D eigenvalue weighted by atomic mass is 10.1. The first-order chi connectivity index (χ1) is 6.86. The van der Waals surface area contributed by atoms with Gasteiger partial charge in [-0.2, -0.15) is 0 Å². The molecule has 1 unspecified atom stereocenters. The normalized spacial score (nSPS) is 23.0. The Bertz CT molecular complexity index is 427. The van der Waals surface area contributed by atoms with Crippen LogP contribution in [0.15, 0.2) is 30.3 Å². The topological polar surface area (TPSA) is 44.4 Å². The molecule has 1 aromatic carbocycles. The number of anilines is 1. The van der Waals surface area contributed by atoms with Crippen LogP contribution in [0, 0.1) is 0 Å². The van der Waals surface area contributed by atoms with Gasteiger partial charge in [-0.3, -0.25) is 10.3 Å². The number of nitrogens with zero attached hydrogens (tertiary/aromatic N) is 1. The van der Waals surface area contributed by atoms with E-state index in [4.69, 9.17) is 0 Å². The van der Waals surface area contributed by atoms with E-state index in [2.05, 4.69) is 10.9 Å². The Morgan fingerprint density at radius 1 is 1.29 bits per heavy atom. The van der Waals surface area contributed by atoms with E-state index in [0.717, 1.165) is 11.3 Å². The second-order valence-corrected chi connectivity index (χ2v) is 3.31. The first kappa shape index (κ1) is 7.58. The molecule has 0 aliphatic carbocycles. The fourth-order valence-electron chi connectivity index (χ4n) is 1.82. The molecular formula is C10H9N3O. The Morgan fingerprint density at radius 2 is 2.14 bits per heavy atom. The molecule has 0 radical (unpaired) electrons. The molecule has 1 fully saturated rings. The molecule has 0 bridgehead atoms. The Morgan fingerprint density at radius 3 is 3.07 bits per heavy atom. The van der Waals surface area contributed by atoms with Gasteiger partial charge in [0, 0.05) is 0 Å². The quantitative estimate of drug-likeness (QED) is 0.638. The van der Waals surface area contributed by atoms with Gasteiger partial charge >= 0.3 is 6.03 Å². The van der Waals surface area contributed by atoms with E-state index in [1.54, 1.807) is 4.90 Å². The van der Waals surface area contributed by atoms with Crippen LogP contribution < -0.4 is 15.8 Å². The summed E-state index contributed by atoms with van der Waals surface area (Å²) in [6, 6.07) is 7.73. The maximum atomic E-state index is 11.5. The number of amides is 2. The highest BCUT2D eigenvalue weighted by Gasteiger charge is 2.32. The molecule has 2 amide bonds. The van der Waals surface area contributed by atoms with Crippen LogP contribution in [0.2, 0.25) is 0 Å². The summed E-state index contributed by atoms with van der Waals surface area (Å²) in [5.41, 5.74) is 7.50. The van der Waals surface area contributed by atoms with Crippen LogP contribution in [0.25, 0.3) is 6.08 Å². The number of hydrogen-bond acceptors (Lipinski definition) is 2. The van der Waals surface area contributed by atoms with Crippen molar-refractivity contribution in [2.24, 2.45) is 0 Å². The average molecular weight is 187 g/mol. The van der Waals surface area contributed by atoms with E-state index in [1.807, 2.05) is 36.4 Å². The Balaban J connectivity index is 2.17. The van der Waals surface area contributed by atoms with Crippen LogP contribution >= 0.6 is 0 Å². The third kappa shape index (κ3) is 0.885. The number of urea groups is 1. The fraction of sp³-hybridized carbons (Fsp3) is 0.100. The predicted molar refractivity (Wildman–Crippen MR) is 53.4 cm³/mol. The van der Waals surface area contributed by atoms with Crippen molar-refractivity contribution in [1.29, 1.82) is 0 Å². The minimum Gasteiger partial charge on any atom is -0.272 e. The van der Waals surface area contributed by atoms with Gasteiger partial charge in [-0.25, -0.2) is 10.2 Å². The summed E-state index contributed by atoms with van der Waals surface area (Å²) in [6.45, 7) is 0. The summed E-state index contributed by atoms with van der Waals surface area (Å²) in [5, 5.41) is 0. The van der Waals surface area contributed by atoms with Crippen molar-refractivity contribution >= 4 is 17.8 Å². The van der Waals surface area contributed by atoms with Gasteiger partial charge in [-0.15, -0.1) is 0 Å². The minimum absolute atomic E-state index is 0.0580. The maximum absolute atomic E-state index is 11.5. The first-order valence-corrected chi connectivity index (χ1v) is 4.48. The largest absolute Gasteiger partial charge is 0.337 e. The number of rotatable bonds is 0. The zero-order valence-electron chi connectivity index (χ0n) is 7.40. The zero-order valence-corrected chi connectivity index (χ0v) is 7.40. The second-order valence-electron chi connectivity index (χ2n) is 3.31. The third-order valence-electron chi connectivity index (χ3n) is 2.48. The monoisotopic (exact) mass is 187 g/mol. The first-order valence-electron chi connectivity index (χ1n) is 4.48. The van der Waals surface area contributed by atoms with Gasteiger partial charge in [0.15, 0.2) is 0 Å². The Kier molecular flexibility index (Phi) is 1.40. The third-order valence-corrected chi connectivity index (χ3v) is 2.48. The Hall–Kier alpha value is -1.81. The maximum Gasteiger partial charge on any atom is 0.337 e. The lowest BCUT2D eigenvalue weighted by molar-refractivity contribution is 0.250. The average Bonchev–Trinajstić information content (AvgIpc) is 2.61. The minimum atomic E-state index is -0.105. The molecule has 0 saturated carbocycles. The van der Waals surface area contributed by atoms with E-state index < -0.39 is 0 Å². The number of carbonyl (C=O) groups is 1. The summed E-state index contributed by atoms with van der Waals surface area (Å²) in [5.74, 6) is 0. The van der Waals surface area contributed by atoms with E-state index >= 15 is 0 Å². The van der Waals surface area contributed by atoms with Crippen molar-refractivity contribution in [2.45, 2.75) is 6.17 Å². The number of carbonyl (C=O) groups excluding carboxylic acids is 1. The summed E-state index contributed by atoms with van der Waals surface area (Å²) in [6.07, 6.45) is 3.92. The van der Waals surface area contributed by atoms with Gasteiger partial charge in [0.1, 0.15) is 6.17 Å². The molecule has 1 aromatic rings. The molecule has 2 heterocycles. The molecule has 4 heteroatoms. The smallest absolute Gasteiger partial charge is 0.272 e. The summed E-state index contributed by atoms with van der Waals surface area (Å²) < 4.78 is 0. The second kappa shape index (κ2) is 2.59. The van der Waals surface area contributed by atoms with Crippen molar-refractivity contribution in [3.05, 3.63) is 35.9 Å². The van der Waals surface area contributed by atoms with E-state index in [0.29, 0.717) is 0 Å². The summed E-state index contributed by atoms with van der Waals surface area (Å²) in [4.78, 5) is 13.2. The number of hydrazine groups is 1. The summed E-state index contributed by atoms with van der Waals surface area (Å²) in [7, 11) is 0. The number of hydrogen-bond donors (Lipinski definition) is 2. The van der Waals surface area contributed by atoms with Gasteiger partial charge in [0.05, 0.1) is 5.69 Å². The van der Waals surface area contributed by atoms with Gasteiger partial charge in [-0.1, -0.05) is 24.3 Å². The number of benzene rings is 1. The van der Waals surface area contributed by atoms with Gasteiger partial charge < -0.3 is 0 Å². The van der Waals surface area contributed by atoms with E-state index in [-0.39, 0.29) is 12.2 Å². The Labute approximate surface area is 81.2 Å². The van der Waals surface area contributed by atoms with Gasteiger partial charge in [-0.05, 0) is 17.7 Å². The lowest BCUT2D eigenvalue weighted by Crippen LogP contribution is -2.37. The molecule has 2 N–H and O–H groups in total. The molecule has 2 aliphatic rings. The molecule has 0 aromatic heterocycles. The summed E-state index contributed by atoms with van der Waals surface area (Å²) >= 11 is 0. The van der Waals surface area contributed by atoms with Crippen molar-refractivity contribution in [2.75, 3.05) is 4.90 Å². The van der Waals surface area contributed by atoms with Crippen LogP contribution in [-0.4, -0.2) is 12.2 Å². The zero-order chi connectivity index (χ0) is 9.54. The molecule has 2 aliphatic heterocycles. The van der Waals surface area contributed by atoms with Gasteiger partial charge in [0.2, 0.25) is 0 Å². The molecule has 1 atom stereocenters. The molecule has 4 nitrogen and oxygen atoms in total. The van der Waals surface area contributed by atoms with Crippen LogP contribution in [0.4, 0.5) is 10.5 Å². The van der Waals surface area contributed by atoms with Crippen LogP contribution in [0.3, 0.4) is 0 Å². The highest BCUT2D eigenvalue weighted by Crippen LogP contribution is 2.29. The molecular weight excluding hydrogens is 178 g/mol. The van der Waals surface area contributed by atoms with Crippen LogP contribution in [0.5, 0.6) is 0 Å². The molecule has 0 spiro atoms. The number of nitrogens with one attached hydrogen (secondary N) is 2. The molecule has 3 rings (SSSR count). The lowest BCUT2D eigenvalue weighted by Gasteiger charge is -2.25. The highest BCUT2D eigenvalue weighted by atomic mass is 16.2. The van der Waals surface area contributed by atoms with E-state index in [1.165, 1.54) is 0 Å². The van der Waals surface area contributed by atoms with Gasteiger partial charge in [0.25, 0.3) is 0 Å². The van der Waals surface area contributed by atoms with Crippen molar-refractivity contribution in [3.8, 4) is 0 Å². The fourth-order valence-corrected chi connectivity index (χ4v) is 1.82. The van der Waals surface area contributed by atoms with Crippen LogP contribution in [0.1, 0.15) is 5.56 Å². The van der Waals surface area contributed by atoms with E-state index in [9.17, 15) is 4.79 Å². The molecule has 1 saturated heterocycles. The van der Waals surface area contributed by atoms with Crippen molar-refractivity contribution < 1.29 is 4.79 Å². The van der Waals surface area contributed by atoms with Crippen LogP contribution in [-0.2, 0) is 0 Å². The van der Waals surface area contributed by atoms with Crippen molar-refractivity contribution in [1.82, 2.24) is 10.9 Å². The standard InChI is InChI=1S/C10H9N3O/c14-10-12-11-9-6-5-7-3-1-2-4-8(7)13(9)10/h1-6,9,11H,(H,12,14). The number of fused-ring (bicyclic) bond motifs is 3. The number of para-hydroxylation sites is 1. The van der Waals surface area contributed by atoms with Crippen molar-refractivity contribution in [3.63, 3.8) is 0 Å². The molecule has 70 valence electrons. The molecule has 14 heavy (non-hydrogen) atoms.